The number of sulfonamides is 1. The van der Waals surface area contributed by atoms with Gasteiger partial charge in [0.05, 0.1) is 11.4 Å². The molecule has 1 atom stereocenters. The molecule has 7 heteroatoms. The molecule has 0 aliphatic rings. The number of rotatable bonds is 7. The minimum Gasteiger partial charge on any atom is -0.455 e. The highest BCUT2D eigenvalue weighted by molar-refractivity contribution is 7.89. The summed E-state index contributed by atoms with van der Waals surface area (Å²) in [5.74, 6) is 0.286. The fraction of sp³-hybridized carbons (Fsp3) is 0.389. The average molecular weight is 364 g/mol. The molecule has 1 aromatic carbocycles. The third-order valence-electron chi connectivity index (χ3n) is 3.98. The zero-order valence-electron chi connectivity index (χ0n) is 14.9. The van der Waals surface area contributed by atoms with E-state index in [2.05, 4.69) is 5.32 Å². The summed E-state index contributed by atoms with van der Waals surface area (Å²) in [5.41, 5.74) is 0.990. The first kappa shape index (κ1) is 19.2. The van der Waals surface area contributed by atoms with Gasteiger partial charge < -0.3 is 9.73 Å². The molecule has 0 saturated carbocycles. The van der Waals surface area contributed by atoms with Crippen LogP contribution in [0.2, 0.25) is 0 Å². The smallest absolute Gasteiger partial charge is 0.287 e. The largest absolute Gasteiger partial charge is 0.455 e. The maximum Gasteiger partial charge on any atom is 0.287 e. The van der Waals surface area contributed by atoms with E-state index in [9.17, 15) is 13.2 Å². The van der Waals surface area contributed by atoms with Crippen molar-refractivity contribution in [3.63, 3.8) is 0 Å². The monoisotopic (exact) mass is 364 g/mol. The van der Waals surface area contributed by atoms with Gasteiger partial charge >= 0.3 is 0 Å². The van der Waals surface area contributed by atoms with Crippen molar-refractivity contribution in [1.82, 2.24) is 9.62 Å². The predicted molar refractivity (Wildman–Crippen MR) is 95.8 cm³/mol. The Bertz CT molecular complexity index is 825. The van der Waals surface area contributed by atoms with E-state index in [0.29, 0.717) is 5.76 Å². The summed E-state index contributed by atoms with van der Waals surface area (Å²) in [5, 5.41) is 2.81. The summed E-state index contributed by atoms with van der Waals surface area (Å²) in [6, 6.07) is 9.88. The van der Waals surface area contributed by atoms with Crippen molar-refractivity contribution in [2.45, 2.75) is 44.7 Å². The minimum atomic E-state index is -3.62. The van der Waals surface area contributed by atoms with Crippen molar-refractivity contribution in [1.29, 1.82) is 0 Å². The van der Waals surface area contributed by atoms with Crippen molar-refractivity contribution >= 4 is 15.9 Å². The number of amides is 1. The molecule has 25 heavy (non-hydrogen) atoms. The molecule has 0 saturated heterocycles. The van der Waals surface area contributed by atoms with Gasteiger partial charge in [0.15, 0.2) is 5.76 Å². The number of nitrogens with one attached hydrogen (secondary N) is 1. The van der Waals surface area contributed by atoms with E-state index in [0.717, 1.165) is 12.0 Å². The van der Waals surface area contributed by atoms with Crippen LogP contribution in [0, 0.1) is 6.92 Å². The van der Waals surface area contributed by atoms with E-state index >= 15 is 0 Å². The summed E-state index contributed by atoms with van der Waals surface area (Å²) in [4.78, 5) is 12.3. The van der Waals surface area contributed by atoms with Crippen molar-refractivity contribution in [3.8, 4) is 0 Å². The second-order valence-electron chi connectivity index (χ2n) is 6.12. The molecule has 1 amide bonds. The average Bonchev–Trinajstić information content (AvgIpc) is 3.03. The van der Waals surface area contributed by atoms with Gasteiger partial charge in [-0.25, -0.2) is 8.42 Å². The minimum absolute atomic E-state index is 0.0469. The molecule has 2 rings (SSSR count). The summed E-state index contributed by atoms with van der Waals surface area (Å²) >= 11 is 0. The first-order valence-corrected chi connectivity index (χ1v) is 9.60. The summed E-state index contributed by atoms with van der Waals surface area (Å²) < 4.78 is 31.9. The SMILES string of the molecule is CCC(C)NC(=O)c1ccc(CN(C)S(=O)(=O)c2ccc(C)cc2)o1. The molecule has 1 aromatic heterocycles. The van der Waals surface area contributed by atoms with Gasteiger partial charge in [0.2, 0.25) is 10.0 Å². The van der Waals surface area contributed by atoms with Gasteiger partial charge in [-0.3, -0.25) is 4.79 Å². The van der Waals surface area contributed by atoms with Gasteiger partial charge in [-0.05, 0) is 44.5 Å². The summed E-state index contributed by atoms with van der Waals surface area (Å²) in [7, 11) is -2.13. The van der Waals surface area contributed by atoms with Gasteiger partial charge in [-0.1, -0.05) is 24.6 Å². The molecule has 1 N–H and O–H groups in total. The summed E-state index contributed by atoms with van der Waals surface area (Å²) in [6.07, 6.45) is 0.816. The molecule has 136 valence electrons. The van der Waals surface area contributed by atoms with E-state index in [4.69, 9.17) is 4.42 Å². The maximum absolute atomic E-state index is 12.6. The number of carbonyl (C=O) groups excluding carboxylic acids is 1. The predicted octanol–water partition coefficient (Wildman–Crippen LogP) is 2.94. The van der Waals surface area contributed by atoms with Crippen molar-refractivity contribution in [3.05, 3.63) is 53.5 Å². The van der Waals surface area contributed by atoms with Crippen LogP contribution in [0.4, 0.5) is 0 Å². The molecule has 1 unspecified atom stereocenters. The highest BCUT2D eigenvalue weighted by Crippen LogP contribution is 2.18. The van der Waals surface area contributed by atoms with Gasteiger partial charge in [0.1, 0.15) is 5.76 Å². The second kappa shape index (κ2) is 7.84. The zero-order valence-corrected chi connectivity index (χ0v) is 15.8. The van der Waals surface area contributed by atoms with E-state index in [1.54, 1.807) is 36.4 Å². The van der Waals surface area contributed by atoms with E-state index in [1.165, 1.54) is 11.4 Å². The number of aryl methyl sites for hydroxylation is 1. The number of benzene rings is 1. The zero-order chi connectivity index (χ0) is 18.6. The Morgan fingerprint density at radius 1 is 1.20 bits per heavy atom. The van der Waals surface area contributed by atoms with Crippen LogP contribution in [0.25, 0.3) is 0 Å². The molecule has 1 heterocycles. The molecule has 0 aliphatic heterocycles. The first-order valence-electron chi connectivity index (χ1n) is 8.16. The van der Waals surface area contributed by atoms with Crippen molar-refractivity contribution < 1.29 is 17.6 Å². The Morgan fingerprint density at radius 3 is 2.44 bits per heavy atom. The number of furan rings is 1. The molecule has 0 radical (unpaired) electrons. The van der Waals surface area contributed by atoms with Crippen LogP contribution >= 0.6 is 0 Å². The van der Waals surface area contributed by atoms with Crippen molar-refractivity contribution in [2.75, 3.05) is 7.05 Å². The first-order chi connectivity index (χ1) is 11.7. The molecule has 0 fully saturated rings. The Kier molecular flexibility index (Phi) is 6.02. The Hall–Kier alpha value is -2.12. The number of carbonyl (C=O) groups is 1. The highest BCUT2D eigenvalue weighted by Gasteiger charge is 2.22. The van der Waals surface area contributed by atoms with Crippen LogP contribution in [-0.2, 0) is 16.6 Å². The quantitative estimate of drug-likeness (QED) is 0.819. The lowest BCUT2D eigenvalue weighted by Crippen LogP contribution is -2.31. The molecule has 0 spiro atoms. The van der Waals surface area contributed by atoms with Gasteiger partial charge in [-0.2, -0.15) is 4.31 Å². The lowest BCUT2D eigenvalue weighted by atomic mass is 10.2. The van der Waals surface area contributed by atoms with E-state index in [-0.39, 0.29) is 29.1 Å². The summed E-state index contributed by atoms with van der Waals surface area (Å²) in [6.45, 7) is 5.83. The Morgan fingerprint density at radius 2 is 1.84 bits per heavy atom. The van der Waals surface area contributed by atoms with Gasteiger partial charge in [0, 0.05) is 13.1 Å². The number of nitrogens with zero attached hydrogens (tertiary/aromatic N) is 1. The van der Waals surface area contributed by atoms with Crippen LogP contribution in [0.5, 0.6) is 0 Å². The standard InChI is InChI=1S/C18H24N2O4S/c1-5-14(3)19-18(21)17-11-8-15(24-17)12-20(4)25(22,23)16-9-6-13(2)7-10-16/h6-11,14H,5,12H2,1-4H3,(H,19,21). The normalized spacial score (nSPS) is 13.0. The van der Waals surface area contributed by atoms with E-state index in [1.807, 2.05) is 20.8 Å². The number of hydrogen-bond donors (Lipinski definition) is 1. The molecular formula is C18H24N2O4S. The van der Waals surface area contributed by atoms with Gasteiger partial charge in [0.25, 0.3) is 5.91 Å². The second-order valence-corrected chi connectivity index (χ2v) is 8.17. The molecule has 0 bridgehead atoms. The molecule has 2 aromatic rings. The Labute approximate surface area is 148 Å². The van der Waals surface area contributed by atoms with E-state index < -0.39 is 10.0 Å². The third kappa shape index (κ3) is 4.70. The maximum atomic E-state index is 12.6. The highest BCUT2D eigenvalue weighted by atomic mass is 32.2. The fourth-order valence-corrected chi connectivity index (χ4v) is 3.31. The lowest BCUT2D eigenvalue weighted by Gasteiger charge is -2.16. The Balaban J connectivity index is 2.09. The van der Waals surface area contributed by atoms with Crippen LogP contribution in [0.15, 0.2) is 45.7 Å². The lowest BCUT2D eigenvalue weighted by molar-refractivity contribution is 0.0909. The van der Waals surface area contributed by atoms with Crippen LogP contribution < -0.4 is 5.32 Å². The van der Waals surface area contributed by atoms with Crippen LogP contribution in [0.1, 0.15) is 42.1 Å². The van der Waals surface area contributed by atoms with Crippen LogP contribution in [-0.4, -0.2) is 31.7 Å². The number of hydrogen-bond acceptors (Lipinski definition) is 4. The van der Waals surface area contributed by atoms with Crippen molar-refractivity contribution in [2.24, 2.45) is 0 Å². The molecule has 0 aliphatic carbocycles. The van der Waals surface area contributed by atoms with Crippen LogP contribution in [0.3, 0.4) is 0 Å². The molecule has 6 nitrogen and oxygen atoms in total. The molecular weight excluding hydrogens is 340 g/mol. The van der Waals surface area contributed by atoms with Gasteiger partial charge in [-0.15, -0.1) is 0 Å². The fourth-order valence-electron chi connectivity index (χ4n) is 2.18. The topological polar surface area (TPSA) is 79.6 Å². The third-order valence-corrected chi connectivity index (χ3v) is 5.80.